The molecule has 0 aliphatic heterocycles. The van der Waals surface area contributed by atoms with Crippen molar-refractivity contribution < 1.29 is 14.6 Å². The fraction of sp³-hybridized carbons (Fsp3) is 0.429. The van der Waals surface area contributed by atoms with Crippen molar-refractivity contribution in [3.8, 4) is 5.75 Å². The van der Waals surface area contributed by atoms with Crippen LogP contribution in [0.2, 0.25) is 0 Å². The first-order valence-electron chi connectivity index (χ1n) is 6.52. The summed E-state index contributed by atoms with van der Waals surface area (Å²) in [6, 6.07) is 4.94. The standard InChI is InChI=1S/C14H16N2O3/c1-2-19-13(18)14(6-3-7-14)12-15-10-5-4-9(17)8-11(10)16-12/h4-5,8,17H,2-3,6-7H2,1H3,(H,15,16). The number of benzene rings is 1. The topological polar surface area (TPSA) is 75.2 Å². The Labute approximate surface area is 110 Å². The number of aromatic hydroxyl groups is 1. The van der Waals surface area contributed by atoms with E-state index in [1.54, 1.807) is 25.1 Å². The van der Waals surface area contributed by atoms with Crippen molar-refractivity contribution in [3.05, 3.63) is 24.0 Å². The Bertz CT molecular complexity index is 629. The molecule has 0 unspecified atom stereocenters. The van der Waals surface area contributed by atoms with Gasteiger partial charge in [-0.05, 0) is 31.9 Å². The van der Waals surface area contributed by atoms with Crippen LogP contribution in [-0.2, 0) is 14.9 Å². The van der Waals surface area contributed by atoms with Crippen LogP contribution in [-0.4, -0.2) is 27.7 Å². The lowest BCUT2D eigenvalue weighted by Gasteiger charge is -2.37. The lowest BCUT2D eigenvalue weighted by Crippen LogP contribution is -2.44. The fourth-order valence-corrected chi connectivity index (χ4v) is 2.56. The number of hydrogen-bond acceptors (Lipinski definition) is 4. The predicted octanol–water partition coefficient (Wildman–Crippen LogP) is 2.25. The normalized spacial score (nSPS) is 17.1. The van der Waals surface area contributed by atoms with Gasteiger partial charge in [-0.3, -0.25) is 4.79 Å². The molecule has 1 saturated carbocycles. The summed E-state index contributed by atoms with van der Waals surface area (Å²) in [7, 11) is 0. The Balaban J connectivity index is 2.04. The number of phenolic OH excluding ortho intramolecular Hbond substituents is 1. The average molecular weight is 260 g/mol. The number of phenols is 1. The van der Waals surface area contributed by atoms with E-state index in [1.165, 1.54) is 0 Å². The summed E-state index contributed by atoms with van der Waals surface area (Å²) < 4.78 is 5.17. The van der Waals surface area contributed by atoms with Crippen LogP contribution in [0.15, 0.2) is 18.2 Å². The summed E-state index contributed by atoms with van der Waals surface area (Å²) in [6.07, 6.45) is 2.52. The molecular weight excluding hydrogens is 244 g/mol. The van der Waals surface area contributed by atoms with Gasteiger partial charge in [-0.25, -0.2) is 4.98 Å². The van der Waals surface area contributed by atoms with Crippen LogP contribution in [0.4, 0.5) is 0 Å². The van der Waals surface area contributed by atoms with Gasteiger partial charge in [0.05, 0.1) is 17.6 Å². The lowest BCUT2D eigenvalue weighted by molar-refractivity contribution is -0.154. The van der Waals surface area contributed by atoms with Crippen LogP contribution in [0.25, 0.3) is 11.0 Å². The number of H-pyrrole nitrogens is 1. The smallest absolute Gasteiger partial charge is 0.319 e. The van der Waals surface area contributed by atoms with Crippen molar-refractivity contribution in [3.63, 3.8) is 0 Å². The number of esters is 1. The Kier molecular flexibility index (Phi) is 2.69. The van der Waals surface area contributed by atoms with Gasteiger partial charge >= 0.3 is 5.97 Å². The van der Waals surface area contributed by atoms with Gasteiger partial charge in [0.1, 0.15) is 17.0 Å². The number of carbonyl (C=O) groups is 1. The van der Waals surface area contributed by atoms with Gasteiger partial charge in [0, 0.05) is 6.07 Å². The van der Waals surface area contributed by atoms with Crippen LogP contribution in [0, 0.1) is 0 Å². The van der Waals surface area contributed by atoms with E-state index in [0.717, 1.165) is 30.3 Å². The van der Waals surface area contributed by atoms with E-state index in [-0.39, 0.29) is 11.7 Å². The van der Waals surface area contributed by atoms with Crippen molar-refractivity contribution in [2.24, 2.45) is 0 Å². The van der Waals surface area contributed by atoms with Crippen LogP contribution in [0.1, 0.15) is 32.0 Å². The first-order chi connectivity index (χ1) is 9.15. The molecule has 1 fully saturated rings. The number of fused-ring (bicyclic) bond motifs is 1. The molecular formula is C14H16N2O3. The van der Waals surface area contributed by atoms with Gasteiger partial charge in [0.25, 0.3) is 0 Å². The third kappa shape index (κ3) is 1.77. The van der Waals surface area contributed by atoms with Crippen LogP contribution < -0.4 is 0 Å². The Morgan fingerprint density at radius 1 is 1.53 bits per heavy atom. The highest BCUT2D eigenvalue weighted by Gasteiger charge is 2.49. The molecule has 2 N–H and O–H groups in total. The molecule has 1 aliphatic rings. The highest BCUT2D eigenvalue weighted by atomic mass is 16.5. The number of carbonyl (C=O) groups excluding carboxylic acids is 1. The number of nitrogens with one attached hydrogen (secondary N) is 1. The van der Waals surface area contributed by atoms with E-state index in [0.29, 0.717) is 12.4 Å². The van der Waals surface area contributed by atoms with Gasteiger partial charge in [0.15, 0.2) is 0 Å². The molecule has 0 saturated heterocycles. The predicted molar refractivity (Wildman–Crippen MR) is 69.9 cm³/mol. The molecule has 2 aromatic rings. The number of imidazole rings is 1. The Hall–Kier alpha value is -2.04. The third-order valence-electron chi connectivity index (χ3n) is 3.79. The molecule has 3 rings (SSSR count). The van der Waals surface area contributed by atoms with E-state index in [4.69, 9.17) is 4.74 Å². The molecule has 0 bridgehead atoms. The Morgan fingerprint density at radius 2 is 2.32 bits per heavy atom. The average Bonchev–Trinajstić information content (AvgIpc) is 2.70. The number of rotatable bonds is 3. The second-order valence-electron chi connectivity index (χ2n) is 4.94. The molecule has 0 amide bonds. The van der Waals surface area contributed by atoms with E-state index < -0.39 is 5.41 Å². The molecule has 100 valence electrons. The molecule has 0 spiro atoms. The number of nitrogens with zero attached hydrogens (tertiary/aromatic N) is 1. The van der Waals surface area contributed by atoms with E-state index in [9.17, 15) is 9.90 Å². The minimum atomic E-state index is -0.620. The molecule has 0 atom stereocenters. The minimum absolute atomic E-state index is 0.182. The second-order valence-corrected chi connectivity index (χ2v) is 4.94. The van der Waals surface area contributed by atoms with Crippen LogP contribution in [0.5, 0.6) is 5.75 Å². The van der Waals surface area contributed by atoms with Gasteiger partial charge in [0.2, 0.25) is 0 Å². The molecule has 19 heavy (non-hydrogen) atoms. The van der Waals surface area contributed by atoms with Gasteiger partial charge in [-0.1, -0.05) is 6.42 Å². The fourth-order valence-electron chi connectivity index (χ4n) is 2.56. The molecule has 1 heterocycles. The first-order valence-corrected chi connectivity index (χ1v) is 6.52. The molecule has 0 radical (unpaired) electrons. The van der Waals surface area contributed by atoms with Crippen LogP contribution >= 0.6 is 0 Å². The third-order valence-corrected chi connectivity index (χ3v) is 3.79. The van der Waals surface area contributed by atoms with Gasteiger partial charge in [-0.2, -0.15) is 0 Å². The highest BCUT2D eigenvalue weighted by molar-refractivity contribution is 5.85. The summed E-state index contributed by atoms with van der Waals surface area (Å²) in [5.41, 5.74) is 0.874. The van der Waals surface area contributed by atoms with E-state index in [1.807, 2.05) is 0 Å². The highest BCUT2D eigenvalue weighted by Crippen LogP contribution is 2.44. The van der Waals surface area contributed by atoms with Gasteiger partial charge in [-0.15, -0.1) is 0 Å². The summed E-state index contributed by atoms with van der Waals surface area (Å²) >= 11 is 0. The molecule has 1 aromatic carbocycles. The molecule has 1 aromatic heterocycles. The largest absolute Gasteiger partial charge is 0.508 e. The maximum Gasteiger partial charge on any atom is 0.319 e. The maximum absolute atomic E-state index is 12.2. The van der Waals surface area contributed by atoms with E-state index >= 15 is 0 Å². The summed E-state index contributed by atoms with van der Waals surface area (Å²) in [5.74, 6) is 0.629. The van der Waals surface area contributed by atoms with Crippen molar-refractivity contribution in [1.82, 2.24) is 9.97 Å². The zero-order valence-electron chi connectivity index (χ0n) is 10.8. The second kappa shape index (κ2) is 4.26. The van der Waals surface area contributed by atoms with Crippen LogP contribution in [0.3, 0.4) is 0 Å². The van der Waals surface area contributed by atoms with Crippen molar-refractivity contribution in [2.75, 3.05) is 6.61 Å². The van der Waals surface area contributed by atoms with Gasteiger partial charge < -0.3 is 14.8 Å². The van der Waals surface area contributed by atoms with Crippen molar-refractivity contribution >= 4 is 17.0 Å². The minimum Gasteiger partial charge on any atom is -0.508 e. The molecule has 5 heteroatoms. The maximum atomic E-state index is 12.2. The summed E-state index contributed by atoms with van der Waals surface area (Å²) in [6.45, 7) is 2.18. The monoisotopic (exact) mass is 260 g/mol. The number of aromatic nitrogens is 2. The first kappa shape index (κ1) is 12.0. The number of ether oxygens (including phenoxy) is 1. The quantitative estimate of drug-likeness (QED) is 0.830. The molecule has 5 nitrogen and oxygen atoms in total. The summed E-state index contributed by atoms with van der Waals surface area (Å²) in [4.78, 5) is 19.8. The lowest BCUT2D eigenvalue weighted by atomic mass is 9.68. The SMILES string of the molecule is CCOC(=O)C1(c2nc3ccc(O)cc3[nH]2)CCC1. The zero-order chi connectivity index (χ0) is 13.5. The summed E-state index contributed by atoms with van der Waals surface area (Å²) in [5, 5.41) is 9.47. The van der Waals surface area contributed by atoms with Crippen molar-refractivity contribution in [2.45, 2.75) is 31.6 Å². The molecule has 1 aliphatic carbocycles. The zero-order valence-corrected chi connectivity index (χ0v) is 10.8. The van der Waals surface area contributed by atoms with E-state index in [2.05, 4.69) is 9.97 Å². The van der Waals surface area contributed by atoms with Crippen molar-refractivity contribution in [1.29, 1.82) is 0 Å². The number of aromatic amines is 1. The Morgan fingerprint density at radius 3 is 2.95 bits per heavy atom. The number of hydrogen-bond donors (Lipinski definition) is 2.